The van der Waals surface area contributed by atoms with Crippen molar-refractivity contribution in [1.82, 2.24) is 5.32 Å². The summed E-state index contributed by atoms with van der Waals surface area (Å²) in [5, 5.41) is 5.57. The van der Waals surface area contributed by atoms with E-state index in [1.165, 1.54) is 6.07 Å². The van der Waals surface area contributed by atoms with Gasteiger partial charge in [-0.15, -0.1) is 0 Å². The molecule has 2 aromatic carbocycles. The van der Waals surface area contributed by atoms with Crippen LogP contribution < -0.4 is 15.4 Å². The van der Waals surface area contributed by atoms with Crippen molar-refractivity contribution < 1.29 is 13.5 Å². The van der Waals surface area contributed by atoms with E-state index in [1.54, 1.807) is 0 Å². The highest BCUT2D eigenvalue weighted by Gasteiger charge is 2.11. The third kappa shape index (κ3) is 4.66. The van der Waals surface area contributed by atoms with E-state index < -0.39 is 11.6 Å². The summed E-state index contributed by atoms with van der Waals surface area (Å²) in [5.74, 6) is -0.648. The zero-order valence-corrected chi connectivity index (χ0v) is 12.8. The molecular weight excluding hydrogens is 306 g/mol. The van der Waals surface area contributed by atoms with Crippen molar-refractivity contribution in [2.75, 3.05) is 11.9 Å². The molecule has 0 aromatic heterocycles. The lowest BCUT2D eigenvalue weighted by molar-refractivity contribution is 0.287. The molecular formula is C16H16F2N2OS. The second kappa shape index (κ2) is 7.70. The number of hydrogen-bond acceptors (Lipinski definition) is 2. The van der Waals surface area contributed by atoms with Crippen LogP contribution in [0.15, 0.2) is 48.5 Å². The quantitative estimate of drug-likeness (QED) is 0.822. The molecule has 0 aliphatic carbocycles. The van der Waals surface area contributed by atoms with Crippen molar-refractivity contribution in [3.63, 3.8) is 0 Å². The third-order valence-electron chi connectivity index (χ3n) is 2.82. The van der Waals surface area contributed by atoms with Crippen LogP contribution in [-0.4, -0.2) is 17.8 Å². The van der Waals surface area contributed by atoms with Gasteiger partial charge in [0.05, 0.1) is 6.04 Å². The van der Waals surface area contributed by atoms with Gasteiger partial charge in [0.25, 0.3) is 0 Å². The molecule has 2 N–H and O–H groups in total. The molecule has 3 nitrogen and oxygen atoms in total. The Morgan fingerprint density at radius 1 is 1.09 bits per heavy atom. The highest BCUT2D eigenvalue weighted by Crippen LogP contribution is 2.17. The molecule has 0 amide bonds. The number of hydrogen-bond donors (Lipinski definition) is 2. The molecule has 0 bridgehead atoms. The lowest BCUT2D eigenvalue weighted by Crippen LogP contribution is -2.39. The van der Waals surface area contributed by atoms with Crippen LogP contribution in [0.25, 0.3) is 0 Å². The van der Waals surface area contributed by atoms with E-state index in [0.717, 1.165) is 17.9 Å². The lowest BCUT2D eigenvalue weighted by atomic mass is 10.3. The summed E-state index contributed by atoms with van der Waals surface area (Å²) < 4.78 is 32.6. The van der Waals surface area contributed by atoms with Gasteiger partial charge >= 0.3 is 0 Å². The first-order valence-corrected chi connectivity index (χ1v) is 7.16. The number of benzene rings is 2. The average molecular weight is 322 g/mol. The molecule has 0 unspecified atom stereocenters. The van der Waals surface area contributed by atoms with Gasteiger partial charge in [0, 0.05) is 0 Å². The van der Waals surface area contributed by atoms with Crippen LogP contribution in [-0.2, 0) is 0 Å². The Balaban J connectivity index is 1.84. The molecule has 0 fully saturated rings. The number of anilines is 1. The first-order chi connectivity index (χ1) is 10.6. The van der Waals surface area contributed by atoms with Crippen molar-refractivity contribution in [3.8, 4) is 5.75 Å². The van der Waals surface area contributed by atoms with Crippen LogP contribution in [0.2, 0.25) is 0 Å². The molecule has 0 heterocycles. The Bertz CT molecular complexity index is 617. The molecule has 2 aromatic rings. The predicted molar refractivity (Wildman–Crippen MR) is 87.1 cm³/mol. The van der Waals surface area contributed by atoms with E-state index >= 15 is 0 Å². The number of ether oxygens (including phenoxy) is 1. The summed E-state index contributed by atoms with van der Waals surface area (Å²) in [5.41, 5.74) is -0.267. The maximum Gasteiger partial charge on any atom is 0.171 e. The van der Waals surface area contributed by atoms with Gasteiger partial charge in [-0.2, -0.15) is 0 Å². The molecule has 116 valence electrons. The molecule has 0 aliphatic rings. The Hall–Kier alpha value is -2.21. The summed E-state index contributed by atoms with van der Waals surface area (Å²) in [7, 11) is 0. The normalized spacial score (nSPS) is 11.6. The standard InChI is InChI=1S/C16H16F2N2OS/c1-11(10-21-12-6-3-2-4-7-12)19-16(22)20-15-13(17)8-5-9-14(15)18/h2-9,11H,10H2,1H3,(H2,19,20,22)/t11-/m0/s1. The largest absolute Gasteiger partial charge is 0.491 e. The molecule has 1 atom stereocenters. The summed E-state index contributed by atoms with van der Waals surface area (Å²) in [4.78, 5) is 0. The van der Waals surface area contributed by atoms with Crippen LogP contribution in [0.4, 0.5) is 14.5 Å². The van der Waals surface area contributed by atoms with Crippen LogP contribution in [0.1, 0.15) is 6.92 Å². The number of rotatable bonds is 5. The molecule has 0 spiro atoms. The maximum atomic E-state index is 13.5. The van der Waals surface area contributed by atoms with Gasteiger partial charge in [-0.3, -0.25) is 0 Å². The van der Waals surface area contributed by atoms with Crippen molar-refractivity contribution in [2.45, 2.75) is 13.0 Å². The minimum Gasteiger partial charge on any atom is -0.491 e. The van der Waals surface area contributed by atoms with E-state index in [4.69, 9.17) is 17.0 Å². The van der Waals surface area contributed by atoms with Gasteiger partial charge < -0.3 is 15.4 Å². The summed E-state index contributed by atoms with van der Waals surface area (Å²) in [6.45, 7) is 2.22. The smallest absolute Gasteiger partial charge is 0.171 e. The fourth-order valence-corrected chi connectivity index (χ4v) is 2.07. The number of nitrogens with one attached hydrogen (secondary N) is 2. The Labute approximate surface area is 133 Å². The average Bonchev–Trinajstić information content (AvgIpc) is 2.50. The number of thiocarbonyl (C=S) groups is 1. The van der Waals surface area contributed by atoms with Crippen molar-refractivity contribution >= 4 is 23.0 Å². The van der Waals surface area contributed by atoms with Gasteiger partial charge in [-0.25, -0.2) is 8.78 Å². The van der Waals surface area contributed by atoms with Crippen molar-refractivity contribution in [2.24, 2.45) is 0 Å². The summed E-state index contributed by atoms with van der Waals surface area (Å²) in [6.07, 6.45) is 0. The molecule has 0 radical (unpaired) electrons. The molecule has 0 aliphatic heterocycles. The van der Waals surface area contributed by atoms with Gasteiger partial charge in [-0.05, 0) is 43.4 Å². The Morgan fingerprint density at radius 2 is 1.73 bits per heavy atom. The van der Waals surface area contributed by atoms with Gasteiger partial charge in [0.15, 0.2) is 5.11 Å². The van der Waals surface area contributed by atoms with Gasteiger partial charge in [0.1, 0.15) is 29.7 Å². The van der Waals surface area contributed by atoms with Gasteiger partial charge in [-0.1, -0.05) is 24.3 Å². The van der Waals surface area contributed by atoms with E-state index in [-0.39, 0.29) is 16.8 Å². The van der Waals surface area contributed by atoms with Crippen molar-refractivity contribution in [1.29, 1.82) is 0 Å². The SMILES string of the molecule is C[C@@H](COc1ccccc1)NC(=S)Nc1c(F)cccc1F. The van der Waals surface area contributed by atoms with E-state index in [9.17, 15) is 8.78 Å². The molecule has 2 rings (SSSR count). The third-order valence-corrected chi connectivity index (χ3v) is 3.04. The predicted octanol–water partition coefficient (Wildman–Crippen LogP) is 3.72. The van der Waals surface area contributed by atoms with E-state index in [0.29, 0.717) is 6.61 Å². The van der Waals surface area contributed by atoms with Crippen LogP contribution in [0.3, 0.4) is 0 Å². The highest BCUT2D eigenvalue weighted by atomic mass is 32.1. The minimum atomic E-state index is -0.697. The monoisotopic (exact) mass is 322 g/mol. The van der Waals surface area contributed by atoms with Crippen molar-refractivity contribution in [3.05, 3.63) is 60.2 Å². The molecule has 0 saturated heterocycles. The minimum absolute atomic E-state index is 0.130. The topological polar surface area (TPSA) is 33.3 Å². The molecule has 22 heavy (non-hydrogen) atoms. The van der Waals surface area contributed by atoms with Crippen LogP contribution in [0, 0.1) is 11.6 Å². The number of halogens is 2. The zero-order valence-electron chi connectivity index (χ0n) is 12.0. The molecule has 0 saturated carbocycles. The van der Waals surface area contributed by atoms with Crippen LogP contribution >= 0.6 is 12.2 Å². The maximum absolute atomic E-state index is 13.5. The second-order valence-corrected chi connectivity index (χ2v) is 5.13. The van der Waals surface area contributed by atoms with E-state index in [2.05, 4.69) is 10.6 Å². The summed E-state index contributed by atoms with van der Waals surface area (Å²) >= 11 is 5.05. The number of para-hydroxylation sites is 2. The van der Waals surface area contributed by atoms with E-state index in [1.807, 2.05) is 37.3 Å². The first kappa shape index (κ1) is 16.2. The summed E-state index contributed by atoms with van der Waals surface area (Å²) in [6, 6.07) is 12.8. The van der Waals surface area contributed by atoms with Crippen LogP contribution in [0.5, 0.6) is 5.75 Å². The Kier molecular flexibility index (Phi) is 5.66. The molecule has 6 heteroatoms. The fourth-order valence-electron chi connectivity index (χ4n) is 1.77. The first-order valence-electron chi connectivity index (χ1n) is 6.75. The van der Waals surface area contributed by atoms with Gasteiger partial charge in [0.2, 0.25) is 0 Å². The lowest BCUT2D eigenvalue weighted by Gasteiger charge is -2.18. The Morgan fingerprint density at radius 3 is 2.36 bits per heavy atom. The highest BCUT2D eigenvalue weighted by molar-refractivity contribution is 7.80. The zero-order chi connectivity index (χ0) is 15.9. The second-order valence-electron chi connectivity index (χ2n) is 4.72. The fraction of sp³-hybridized carbons (Fsp3) is 0.188.